The summed E-state index contributed by atoms with van der Waals surface area (Å²) >= 11 is 0. The predicted octanol–water partition coefficient (Wildman–Crippen LogP) is 7.58. The van der Waals surface area contributed by atoms with Crippen LogP contribution < -0.4 is 30.7 Å². The molecule has 0 radical (unpaired) electrons. The number of hydrogen-bond donors (Lipinski definition) is 3. The van der Waals surface area contributed by atoms with E-state index in [4.69, 9.17) is 14.2 Å². The third kappa shape index (κ3) is 7.92. The van der Waals surface area contributed by atoms with Crippen molar-refractivity contribution in [2.75, 3.05) is 50.1 Å². The molecule has 0 aliphatic rings. The first-order chi connectivity index (χ1) is 20.5. The number of fused-ring (bicyclic) bond motifs is 1. The average molecular weight is 604 g/mol. The maximum absolute atomic E-state index is 13.4. The molecule has 1 aromatic heterocycles. The summed E-state index contributed by atoms with van der Waals surface area (Å²) in [5, 5.41) is 12.1. The topological polar surface area (TPSA) is 107 Å². The van der Waals surface area contributed by atoms with Crippen molar-refractivity contribution in [3.05, 3.63) is 66.4 Å². The fourth-order valence-electron chi connectivity index (χ4n) is 4.66. The third-order valence-corrected chi connectivity index (χ3v) is 8.34. The molecule has 1 unspecified atom stereocenters. The molecule has 1 heterocycles. The second kappa shape index (κ2) is 14.0. The van der Waals surface area contributed by atoms with Crippen LogP contribution in [-0.4, -0.2) is 56.2 Å². The van der Waals surface area contributed by atoms with Crippen LogP contribution in [0, 0.1) is 0 Å². The number of ether oxygens (including phenoxy) is 3. The van der Waals surface area contributed by atoms with Gasteiger partial charge in [-0.15, -0.1) is 0 Å². The number of amides is 2. The van der Waals surface area contributed by atoms with Crippen molar-refractivity contribution in [1.82, 2.24) is 9.97 Å². The molecule has 228 valence electrons. The zero-order valence-corrected chi connectivity index (χ0v) is 27.1. The quantitative estimate of drug-likeness (QED) is 0.152. The largest absolute Gasteiger partial charge is 0.494 e. The monoisotopic (exact) mass is 603 g/mol. The SMILES string of the molecule is CCC(COC)Nc1nccc(Oc2ccc(NC(=O)Nc3cc(C(C)(C)C)cc(P(C)C)c3OC)c3ccccc23)n1. The van der Waals surface area contributed by atoms with E-state index in [9.17, 15) is 4.79 Å². The lowest BCUT2D eigenvalue weighted by molar-refractivity contribution is 0.184. The molecule has 0 bridgehead atoms. The lowest BCUT2D eigenvalue weighted by Gasteiger charge is -2.25. The molecule has 3 N–H and O–H groups in total. The zero-order valence-electron chi connectivity index (χ0n) is 26.2. The number of nitrogens with zero attached hydrogens (tertiary/aromatic N) is 2. The second-order valence-corrected chi connectivity index (χ2v) is 13.8. The van der Waals surface area contributed by atoms with E-state index < -0.39 is 7.92 Å². The van der Waals surface area contributed by atoms with Crippen LogP contribution >= 0.6 is 7.92 Å². The normalized spacial score (nSPS) is 12.2. The molecule has 0 aliphatic heterocycles. The Bertz CT molecular complexity index is 1570. The van der Waals surface area contributed by atoms with Crippen molar-refractivity contribution in [2.24, 2.45) is 0 Å². The minimum Gasteiger partial charge on any atom is -0.494 e. The van der Waals surface area contributed by atoms with E-state index in [1.807, 2.05) is 42.5 Å². The van der Waals surface area contributed by atoms with Crippen LogP contribution in [0.3, 0.4) is 0 Å². The van der Waals surface area contributed by atoms with E-state index in [1.54, 1.807) is 26.5 Å². The summed E-state index contributed by atoms with van der Waals surface area (Å²) < 4.78 is 17.3. The zero-order chi connectivity index (χ0) is 31.1. The maximum Gasteiger partial charge on any atom is 0.323 e. The van der Waals surface area contributed by atoms with Gasteiger partial charge < -0.3 is 30.2 Å². The molecule has 0 saturated carbocycles. The molecule has 9 nitrogen and oxygen atoms in total. The van der Waals surface area contributed by atoms with Gasteiger partial charge in [0.25, 0.3) is 0 Å². The number of nitrogens with one attached hydrogen (secondary N) is 3. The van der Waals surface area contributed by atoms with Gasteiger partial charge in [0.1, 0.15) is 11.5 Å². The van der Waals surface area contributed by atoms with E-state index in [-0.39, 0.29) is 17.5 Å². The molecule has 2 amide bonds. The Kier molecular flexibility index (Phi) is 10.4. The average Bonchev–Trinajstić information content (AvgIpc) is 2.97. The van der Waals surface area contributed by atoms with Gasteiger partial charge in [0.15, 0.2) is 0 Å². The Morgan fingerprint density at radius 1 is 0.977 bits per heavy atom. The predicted molar refractivity (Wildman–Crippen MR) is 178 cm³/mol. The molecule has 10 heteroatoms. The number of carbonyl (C=O) groups is 1. The molecule has 3 aromatic carbocycles. The highest BCUT2D eigenvalue weighted by Crippen LogP contribution is 2.39. The van der Waals surface area contributed by atoms with Gasteiger partial charge in [0.2, 0.25) is 11.8 Å². The van der Waals surface area contributed by atoms with Gasteiger partial charge >= 0.3 is 6.03 Å². The number of anilines is 3. The van der Waals surface area contributed by atoms with E-state index in [0.717, 1.165) is 28.1 Å². The lowest BCUT2D eigenvalue weighted by Crippen LogP contribution is -2.25. The summed E-state index contributed by atoms with van der Waals surface area (Å²) in [5.41, 5.74) is 2.34. The van der Waals surface area contributed by atoms with Gasteiger partial charge in [-0.2, -0.15) is 4.98 Å². The molecular formula is C33H42N5O4P. The van der Waals surface area contributed by atoms with Crippen molar-refractivity contribution >= 4 is 47.4 Å². The van der Waals surface area contributed by atoms with Crippen LogP contribution in [0.2, 0.25) is 0 Å². The first-order valence-corrected chi connectivity index (χ1v) is 16.5. The fourth-order valence-corrected chi connectivity index (χ4v) is 5.67. The number of urea groups is 1. The van der Waals surface area contributed by atoms with E-state index in [2.05, 4.69) is 73.0 Å². The number of rotatable bonds is 11. The maximum atomic E-state index is 13.4. The summed E-state index contributed by atoms with van der Waals surface area (Å²) in [6.07, 6.45) is 2.52. The molecule has 4 rings (SSSR count). The van der Waals surface area contributed by atoms with E-state index >= 15 is 0 Å². The second-order valence-electron chi connectivity index (χ2n) is 11.5. The number of aromatic nitrogens is 2. The van der Waals surface area contributed by atoms with Crippen LogP contribution in [0.4, 0.5) is 22.1 Å². The van der Waals surface area contributed by atoms with Crippen LogP contribution in [-0.2, 0) is 10.2 Å². The Morgan fingerprint density at radius 3 is 2.35 bits per heavy atom. The minimum absolute atomic E-state index is 0.0893. The Balaban J connectivity index is 1.59. The summed E-state index contributed by atoms with van der Waals surface area (Å²) in [4.78, 5) is 22.2. The molecule has 43 heavy (non-hydrogen) atoms. The molecule has 0 fully saturated rings. The molecule has 0 aliphatic carbocycles. The van der Waals surface area contributed by atoms with Gasteiger partial charge in [-0.1, -0.05) is 59.9 Å². The van der Waals surface area contributed by atoms with Crippen LogP contribution in [0.25, 0.3) is 10.8 Å². The van der Waals surface area contributed by atoms with Gasteiger partial charge in [-0.25, -0.2) is 9.78 Å². The molecule has 1 atom stereocenters. The lowest BCUT2D eigenvalue weighted by atomic mass is 9.86. The first kappa shape index (κ1) is 32.0. The van der Waals surface area contributed by atoms with Crippen molar-refractivity contribution in [3.8, 4) is 17.4 Å². The standard InChI is InChI=1S/C33H42N5O4P/c1-9-22(20-40-5)35-31-34-17-16-29(38-31)42-27-15-14-25(23-12-10-11-13-24(23)27)36-32(39)37-26-18-21(33(2,3)4)19-28(43(7)8)30(26)41-6/h10-19,22H,9,20H2,1-8H3,(H,34,35,38)(H2,36,37,39). The van der Waals surface area contributed by atoms with Crippen molar-refractivity contribution in [2.45, 2.75) is 45.6 Å². The van der Waals surface area contributed by atoms with E-state index in [0.29, 0.717) is 41.3 Å². The molecule has 4 aromatic rings. The summed E-state index contributed by atoms with van der Waals surface area (Å²) in [6, 6.07) is 17.0. The highest BCUT2D eigenvalue weighted by molar-refractivity contribution is 7.64. The van der Waals surface area contributed by atoms with Gasteiger partial charge in [0.05, 0.1) is 31.1 Å². The highest BCUT2D eigenvalue weighted by Gasteiger charge is 2.22. The summed E-state index contributed by atoms with van der Waals surface area (Å²) in [5.74, 6) is 2.17. The van der Waals surface area contributed by atoms with Gasteiger partial charge in [-0.3, -0.25) is 0 Å². The smallest absolute Gasteiger partial charge is 0.323 e. The molecular weight excluding hydrogens is 561 g/mol. The molecule has 0 spiro atoms. The number of benzene rings is 3. The van der Waals surface area contributed by atoms with Crippen molar-refractivity contribution in [1.29, 1.82) is 0 Å². The fraction of sp³-hybridized carbons (Fsp3) is 0.364. The van der Waals surface area contributed by atoms with E-state index in [1.165, 1.54) is 0 Å². The minimum atomic E-state index is -0.462. The summed E-state index contributed by atoms with van der Waals surface area (Å²) in [6.45, 7) is 13.5. The Morgan fingerprint density at radius 2 is 1.70 bits per heavy atom. The van der Waals surface area contributed by atoms with Crippen LogP contribution in [0.5, 0.6) is 17.4 Å². The number of hydrogen-bond acceptors (Lipinski definition) is 7. The van der Waals surface area contributed by atoms with Gasteiger partial charge in [-0.05, 0) is 55.0 Å². The van der Waals surface area contributed by atoms with Crippen molar-refractivity contribution < 1.29 is 19.0 Å². The Labute approximate surface area is 255 Å². The third-order valence-electron chi connectivity index (χ3n) is 7.04. The number of methoxy groups -OCH3 is 2. The Hall–Kier alpha value is -3.94. The first-order valence-electron chi connectivity index (χ1n) is 14.3. The molecule has 0 saturated heterocycles. The summed E-state index contributed by atoms with van der Waals surface area (Å²) in [7, 11) is 2.85. The van der Waals surface area contributed by atoms with Crippen LogP contribution in [0.15, 0.2) is 60.8 Å². The van der Waals surface area contributed by atoms with Gasteiger partial charge in [0, 0.05) is 35.4 Å². The van der Waals surface area contributed by atoms with Crippen LogP contribution in [0.1, 0.15) is 39.7 Å². The van der Waals surface area contributed by atoms with Crippen molar-refractivity contribution in [3.63, 3.8) is 0 Å². The highest BCUT2D eigenvalue weighted by atomic mass is 31.1. The number of carbonyl (C=O) groups excluding carboxylic acids is 1.